The minimum absolute atomic E-state index is 0.0378. The van der Waals surface area contributed by atoms with Gasteiger partial charge in [-0.2, -0.15) is 0 Å². The third-order valence-corrected chi connectivity index (χ3v) is 6.59. The van der Waals surface area contributed by atoms with Gasteiger partial charge in [0.15, 0.2) is 0 Å². The molecule has 0 aliphatic heterocycles. The van der Waals surface area contributed by atoms with Crippen LogP contribution < -0.4 is 0 Å². The fraction of sp³-hybridized carbons (Fsp3) is 0.667. The third kappa shape index (κ3) is 1.13. The standard InChI is InChI=1S/C15H18OS/c16-14-11-5-1-4-10(11)12-6-2-8-15(12,14)13-7-3-9-17-13/h3,7,9-12H,1-2,4-6,8H2/t10-,11-,12+,15+/m1/s1. The van der Waals surface area contributed by atoms with E-state index >= 15 is 0 Å². The lowest BCUT2D eigenvalue weighted by Crippen LogP contribution is -2.34. The SMILES string of the molecule is O=C1[C@@H]2CCC[C@H]2[C@@H]2CCC[C@]12c1cccs1. The Morgan fingerprint density at radius 2 is 2.18 bits per heavy atom. The van der Waals surface area contributed by atoms with E-state index in [0.29, 0.717) is 17.6 Å². The van der Waals surface area contributed by atoms with E-state index in [1.54, 1.807) is 0 Å². The molecule has 17 heavy (non-hydrogen) atoms. The number of Topliss-reactive ketones (excluding diaryl/α,β-unsaturated/α-hetero) is 1. The van der Waals surface area contributed by atoms with Crippen molar-refractivity contribution in [3.05, 3.63) is 22.4 Å². The van der Waals surface area contributed by atoms with Crippen LogP contribution in [-0.4, -0.2) is 5.78 Å². The summed E-state index contributed by atoms with van der Waals surface area (Å²) in [6, 6.07) is 4.33. The molecule has 0 amide bonds. The van der Waals surface area contributed by atoms with Crippen LogP contribution in [0.4, 0.5) is 0 Å². The maximum absolute atomic E-state index is 12.9. The fourth-order valence-electron chi connectivity index (χ4n) is 5.00. The van der Waals surface area contributed by atoms with Crippen LogP contribution in [0.15, 0.2) is 17.5 Å². The molecule has 3 aliphatic rings. The van der Waals surface area contributed by atoms with Gasteiger partial charge >= 0.3 is 0 Å². The molecule has 4 atom stereocenters. The zero-order valence-corrected chi connectivity index (χ0v) is 10.8. The number of rotatable bonds is 1. The van der Waals surface area contributed by atoms with E-state index in [1.165, 1.54) is 37.0 Å². The Balaban J connectivity index is 1.86. The summed E-state index contributed by atoms with van der Waals surface area (Å²) in [6.07, 6.45) is 7.46. The van der Waals surface area contributed by atoms with E-state index in [1.807, 2.05) is 11.3 Å². The molecule has 2 heteroatoms. The summed E-state index contributed by atoms with van der Waals surface area (Å²) in [6.45, 7) is 0. The third-order valence-electron chi connectivity index (χ3n) is 5.54. The molecule has 3 fully saturated rings. The Labute approximate surface area is 106 Å². The molecule has 90 valence electrons. The van der Waals surface area contributed by atoms with Crippen molar-refractivity contribution in [3.63, 3.8) is 0 Å². The molecule has 0 aromatic carbocycles. The second kappa shape index (κ2) is 3.44. The number of thiophene rings is 1. The molecular formula is C15H18OS. The number of carbonyl (C=O) groups excluding carboxylic acids is 1. The minimum Gasteiger partial charge on any atom is -0.298 e. The first-order valence-corrected chi connectivity index (χ1v) is 7.80. The van der Waals surface area contributed by atoms with Crippen LogP contribution in [-0.2, 0) is 10.2 Å². The Bertz CT molecular complexity index is 449. The van der Waals surface area contributed by atoms with Crippen LogP contribution in [0.3, 0.4) is 0 Å². The summed E-state index contributed by atoms with van der Waals surface area (Å²) >= 11 is 1.81. The largest absolute Gasteiger partial charge is 0.298 e. The van der Waals surface area contributed by atoms with Gasteiger partial charge in [0.05, 0.1) is 5.41 Å². The summed E-state index contributed by atoms with van der Waals surface area (Å²) in [4.78, 5) is 14.3. The van der Waals surface area contributed by atoms with E-state index in [4.69, 9.17) is 0 Å². The monoisotopic (exact) mass is 246 g/mol. The molecular weight excluding hydrogens is 228 g/mol. The lowest BCUT2D eigenvalue weighted by Gasteiger charge is -2.28. The average Bonchev–Trinajstić information content (AvgIpc) is 3.06. The van der Waals surface area contributed by atoms with Gasteiger partial charge in [-0.25, -0.2) is 0 Å². The predicted molar refractivity (Wildman–Crippen MR) is 69.2 cm³/mol. The zero-order valence-electron chi connectivity index (χ0n) is 10.0. The van der Waals surface area contributed by atoms with Crippen molar-refractivity contribution in [2.75, 3.05) is 0 Å². The van der Waals surface area contributed by atoms with Gasteiger partial charge in [-0.3, -0.25) is 4.79 Å². The smallest absolute Gasteiger partial charge is 0.147 e. The topological polar surface area (TPSA) is 17.1 Å². The van der Waals surface area contributed by atoms with Crippen LogP contribution in [0.5, 0.6) is 0 Å². The number of fused-ring (bicyclic) bond motifs is 3. The molecule has 0 unspecified atom stereocenters. The van der Waals surface area contributed by atoms with E-state index in [-0.39, 0.29) is 5.41 Å². The van der Waals surface area contributed by atoms with Gasteiger partial charge in [0.25, 0.3) is 0 Å². The summed E-state index contributed by atoms with van der Waals surface area (Å²) in [5.41, 5.74) is -0.0378. The number of ketones is 1. The zero-order chi connectivity index (χ0) is 11.5. The predicted octanol–water partition coefficient (Wildman–Crippen LogP) is 3.79. The average molecular weight is 246 g/mol. The van der Waals surface area contributed by atoms with Crippen LogP contribution in [0.2, 0.25) is 0 Å². The Morgan fingerprint density at radius 3 is 3.00 bits per heavy atom. The van der Waals surface area contributed by atoms with Crippen molar-refractivity contribution in [2.45, 2.75) is 43.9 Å². The molecule has 1 aromatic rings. The van der Waals surface area contributed by atoms with Crippen LogP contribution in [0.25, 0.3) is 0 Å². The van der Waals surface area contributed by atoms with Gasteiger partial charge in [-0.15, -0.1) is 11.3 Å². The molecule has 4 rings (SSSR count). The molecule has 1 nitrogen and oxygen atoms in total. The van der Waals surface area contributed by atoms with Crippen molar-refractivity contribution >= 4 is 17.1 Å². The molecule has 0 bridgehead atoms. The van der Waals surface area contributed by atoms with Crippen molar-refractivity contribution in [1.82, 2.24) is 0 Å². The highest BCUT2D eigenvalue weighted by molar-refractivity contribution is 7.10. The molecule has 3 saturated carbocycles. The van der Waals surface area contributed by atoms with Crippen LogP contribution in [0, 0.1) is 17.8 Å². The number of hydrogen-bond acceptors (Lipinski definition) is 2. The Morgan fingerprint density at radius 1 is 1.24 bits per heavy atom. The number of carbonyl (C=O) groups is 1. The highest BCUT2D eigenvalue weighted by Crippen LogP contribution is 2.62. The van der Waals surface area contributed by atoms with Crippen molar-refractivity contribution in [1.29, 1.82) is 0 Å². The normalized spacial score (nSPS) is 44.0. The number of hydrogen-bond donors (Lipinski definition) is 0. The van der Waals surface area contributed by atoms with Crippen molar-refractivity contribution < 1.29 is 4.79 Å². The Kier molecular flexibility index (Phi) is 2.09. The molecule has 1 heterocycles. The van der Waals surface area contributed by atoms with Crippen molar-refractivity contribution in [3.8, 4) is 0 Å². The Hall–Kier alpha value is -0.630. The molecule has 0 spiro atoms. The van der Waals surface area contributed by atoms with Gasteiger partial charge in [-0.05, 0) is 49.0 Å². The van der Waals surface area contributed by atoms with Gasteiger partial charge in [0.1, 0.15) is 5.78 Å². The molecule has 3 aliphatic carbocycles. The highest BCUT2D eigenvalue weighted by atomic mass is 32.1. The molecule has 0 radical (unpaired) electrons. The minimum atomic E-state index is -0.0378. The van der Waals surface area contributed by atoms with Gasteiger partial charge in [0, 0.05) is 10.8 Å². The molecule has 1 aromatic heterocycles. The van der Waals surface area contributed by atoms with Crippen LogP contribution >= 0.6 is 11.3 Å². The van der Waals surface area contributed by atoms with E-state index in [2.05, 4.69) is 17.5 Å². The maximum atomic E-state index is 12.9. The first kappa shape index (κ1) is 10.3. The first-order valence-electron chi connectivity index (χ1n) is 6.92. The van der Waals surface area contributed by atoms with Crippen molar-refractivity contribution in [2.24, 2.45) is 17.8 Å². The summed E-state index contributed by atoms with van der Waals surface area (Å²) in [5.74, 6) is 2.45. The molecule has 0 N–H and O–H groups in total. The van der Waals surface area contributed by atoms with E-state index in [0.717, 1.165) is 12.3 Å². The fourth-order valence-corrected chi connectivity index (χ4v) is 6.03. The van der Waals surface area contributed by atoms with Gasteiger partial charge < -0.3 is 0 Å². The lowest BCUT2D eigenvalue weighted by molar-refractivity contribution is -0.125. The second-order valence-electron chi connectivity index (χ2n) is 6.01. The summed E-state index contributed by atoms with van der Waals surface area (Å²) < 4.78 is 0. The molecule has 0 saturated heterocycles. The quantitative estimate of drug-likeness (QED) is 0.737. The van der Waals surface area contributed by atoms with Gasteiger partial charge in [-0.1, -0.05) is 18.9 Å². The highest BCUT2D eigenvalue weighted by Gasteiger charge is 2.63. The summed E-state index contributed by atoms with van der Waals surface area (Å²) in [5, 5.41) is 2.14. The lowest BCUT2D eigenvalue weighted by atomic mass is 9.75. The second-order valence-corrected chi connectivity index (χ2v) is 6.96. The first-order chi connectivity index (χ1) is 8.34. The maximum Gasteiger partial charge on any atom is 0.147 e. The van der Waals surface area contributed by atoms with Gasteiger partial charge in [0.2, 0.25) is 0 Å². The van der Waals surface area contributed by atoms with Crippen LogP contribution in [0.1, 0.15) is 43.4 Å². The van der Waals surface area contributed by atoms with E-state index < -0.39 is 0 Å². The van der Waals surface area contributed by atoms with E-state index in [9.17, 15) is 4.79 Å². The summed E-state index contributed by atoms with van der Waals surface area (Å²) in [7, 11) is 0.